The maximum atomic E-state index is 10.9. The Morgan fingerprint density at radius 1 is 1.25 bits per heavy atom. The third kappa shape index (κ3) is 2.86. The lowest BCUT2D eigenvalue weighted by atomic mass is 10.2. The second-order valence-electron chi connectivity index (χ2n) is 3.78. The van der Waals surface area contributed by atoms with Gasteiger partial charge >= 0.3 is 11.7 Å². The van der Waals surface area contributed by atoms with Gasteiger partial charge in [0.1, 0.15) is 5.75 Å². The molecule has 0 unspecified atom stereocenters. The Morgan fingerprint density at radius 3 is 2.60 bits per heavy atom. The molecule has 0 bridgehead atoms. The van der Waals surface area contributed by atoms with Crippen molar-refractivity contribution in [1.29, 1.82) is 0 Å². The third-order valence-corrected chi connectivity index (χ3v) is 2.74. The predicted molar refractivity (Wildman–Crippen MR) is 71.6 cm³/mol. The lowest BCUT2D eigenvalue weighted by Crippen LogP contribution is -1.97. The van der Waals surface area contributed by atoms with Crippen molar-refractivity contribution < 1.29 is 19.6 Å². The summed E-state index contributed by atoms with van der Waals surface area (Å²) in [4.78, 5) is 21.1. The fourth-order valence-electron chi connectivity index (χ4n) is 1.55. The van der Waals surface area contributed by atoms with Gasteiger partial charge in [-0.2, -0.15) is 0 Å². The van der Waals surface area contributed by atoms with E-state index in [1.165, 1.54) is 42.5 Å². The topological polar surface area (TPSA) is 89.7 Å². The molecular formula is C13H8ClNO5. The molecule has 0 aliphatic rings. The van der Waals surface area contributed by atoms with Crippen molar-refractivity contribution in [3.8, 4) is 11.5 Å². The minimum Gasteiger partial charge on any atom is -0.478 e. The molecule has 0 saturated carbocycles. The summed E-state index contributed by atoms with van der Waals surface area (Å²) in [5, 5.41) is 19.9. The summed E-state index contributed by atoms with van der Waals surface area (Å²) in [7, 11) is 0. The number of benzene rings is 2. The maximum Gasteiger partial charge on any atom is 0.335 e. The zero-order valence-corrected chi connectivity index (χ0v) is 10.7. The largest absolute Gasteiger partial charge is 0.478 e. The van der Waals surface area contributed by atoms with Crippen LogP contribution in [0.1, 0.15) is 10.4 Å². The van der Waals surface area contributed by atoms with E-state index in [0.29, 0.717) is 0 Å². The molecule has 0 aliphatic heterocycles. The summed E-state index contributed by atoms with van der Waals surface area (Å²) in [6, 6.07) is 9.74. The van der Waals surface area contributed by atoms with E-state index in [2.05, 4.69) is 0 Å². The van der Waals surface area contributed by atoms with Crippen LogP contribution >= 0.6 is 11.6 Å². The van der Waals surface area contributed by atoms with Gasteiger partial charge in [0.25, 0.3) is 0 Å². The number of carboxylic acid groups (broad SMARTS) is 1. The summed E-state index contributed by atoms with van der Waals surface area (Å²) in [6.45, 7) is 0. The molecule has 0 heterocycles. The quantitative estimate of drug-likeness (QED) is 0.685. The lowest BCUT2D eigenvalue weighted by Gasteiger charge is -2.08. The van der Waals surface area contributed by atoms with E-state index < -0.39 is 10.9 Å². The number of nitro benzene ring substituents is 1. The van der Waals surface area contributed by atoms with E-state index in [0.717, 1.165) is 0 Å². The standard InChI is InChI=1S/C13H8ClNO5/c14-10-5-2-6-11(15(18)19)12(10)20-9-4-1-3-8(7-9)13(16)17/h1-7H,(H,16,17). The molecule has 0 fully saturated rings. The highest BCUT2D eigenvalue weighted by Crippen LogP contribution is 2.37. The SMILES string of the molecule is O=C(O)c1cccc(Oc2c(Cl)cccc2[N+](=O)[O-])c1. The predicted octanol–water partition coefficient (Wildman–Crippen LogP) is 3.74. The number of carboxylic acids is 1. The van der Waals surface area contributed by atoms with E-state index in [1.54, 1.807) is 0 Å². The van der Waals surface area contributed by atoms with Gasteiger partial charge in [0.15, 0.2) is 0 Å². The van der Waals surface area contributed by atoms with Crippen LogP contribution in [0, 0.1) is 10.1 Å². The average Bonchev–Trinajstić information content (AvgIpc) is 2.41. The van der Waals surface area contributed by atoms with Crippen molar-refractivity contribution in [2.45, 2.75) is 0 Å². The molecule has 7 heteroatoms. The molecule has 0 atom stereocenters. The smallest absolute Gasteiger partial charge is 0.335 e. The monoisotopic (exact) mass is 293 g/mol. The van der Waals surface area contributed by atoms with E-state index in [1.807, 2.05) is 0 Å². The van der Waals surface area contributed by atoms with Crippen LogP contribution in [-0.4, -0.2) is 16.0 Å². The van der Waals surface area contributed by atoms with Crippen molar-refractivity contribution in [1.82, 2.24) is 0 Å². The van der Waals surface area contributed by atoms with Gasteiger partial charge in [-0.25, -0.2) is 4.79 Å². The van der Waals surface area contributed by atoms with Crippen LogP contribution < -0.4 is 4.74 Å². The lowest BCUT2D eigenvalue weighted by molar-refractivity contribution is -0.385. The molecule has 2 aromatic rings. The molecule has 6 nitrogen and oxygen atoms in total. The Balaban J connectivity index is 2.42. The number of nitro groups is 1. The summed E-state index contributed by atoms with van der Waals surface area (Å²) in [6.07, 6.45) is 0. The molecule has 0 aromatic heterocycles. The number of hydrogen-bond donors (Lipinski definition) is 1. The van der Waals surface area contributed by atoms with Crippen molar-refractivity contribution >= 4 is 23.3 Å². The van der Waals surface area contributed by atoms with Crippen molar-refractivity contribution in [2.75, 3.05) is 0 Å². The minimum absolute atomic E-state index is 0.0113. The van der Waals surface area contributed by atoms with E-state index in [4.69, 9.17) is 21.4 Å². The van der Waals surface area contributed by atoms with E-state index >= 15 is 0 Å². The summed E-state index contributed by atoms with van der Waals surface area (Å²) >= 11 is 5.88. The van der Waals surface area contributed by atoms with Crippen molar-refractivity contribution in [3.05, 3.63) is 63.2 Å². The van der Waals surface area contributed by atoms with Gasteiger partial charge in [0, 0.05) is 6.07 Å². The van der Waals surface area contributed by atoms with Crippen LogP contribution in [0.2, 0.25) is 5.02 Å². The second-order valence-corrected chi connectivity index (χ2v) is 4.19. The zero-order chi connectivity index (χ0) is 14.7. The van der Waals surface area contributed by atoms with Crippen LogP contribution in [0.4, 0.5) is 5.69 Å². The first-order valence-corrected chi connectivity index (χ1v) is 5.81. The second kappa shape index (κ2) is 5.58. The molecule has 0 saturated heterocycles. The molecule has 20 heavy (non-hydrogen) atoms. The van der Waals surface area contributed by atoms with Crippen molar-refractivity contribution in [2.24, 2.45) is 0 Å². The summed E-state index contributed by atoms with van der Waals surface area (Å²) in [5.74, 6) is -1.09. The van der Waals surface area contributed by atoms with Crippen LogP contribution in [-0.2, 0) is 0 Å². The van der Waals surface area contributed by atoms with Crippen LogP contribution in [0.5, 0.6) is 11.5 Å². The molecule has 1 N–H and O–H groups in total. The highest BCUT2D eigenvalue weighted by atomic mass is 35.5. The van der Waals surface area contributed by atoms with E-state index in [9.17, 15) is 14.9 Å². The number of nitrogens with zero attached hydrogens (tertiary/aromatic N) is 1. The number of rotatable bonds is 4. The van der Waals surface area contributed by atoms with Crippen LogP contribution in [0.25, 0.3) is 0 Å². The van der Waals surface area contributed by atoms with Gasteiger partial charge in [-0.05, 0) is 24.3 Å². The molecule has 0 aliphatic carbocycles. The molecule has 102 valence electrons. The molecular weight excluding hydrogens is 286 g/mol. The van der Waals surface area contributed by atoms with Crippen LogP contribution in [0.15, 0.2) is 42.5 Å². The first-order valence-electron chi connectivity index (χ1n) is 5.43. The number of ether oxygens (including phenoxy) is 1. The van der Waals surface area contributed by atoms with Gasteiger partial charge in [-0.3, -0.25) is 10.1 Å². The fraction of sp³-hybridized carbons (Fsp3) is 0. The number of hydrogen-bond acceptors (Lipinski definition) is 4. The highest BCUT2D eigenvalue weighted by Gasteiger charge is 2.19. The molecule has 2 rings (SSSR count). The molecule has 0 spiro atoms. The summed E-state index contributed by atoms with van der Waals surface area (Å²) in [5.41, 5.74) is -0.282. The molecule has 0 radical (unpaired) electrons. The van der Waals surface area contributed by atoms with Gasteiger partial charge in [0.05, 0.1) is 15.5 Å². The average molecular weight is 294 g/mol. The Kier molecular flexibility index (Phi) is 3.86. The van der Waals surface area contributed by atoms with Crippen molar-refractivity contribution in [3.63, 3.8) is 0 Å². The first kappa shape index (κ1) is 13.8. The third-order valence-electron chi connectivity index (χ3n) is 2.44. The van der Waals surface area contributed by atoms with Crippen LogP contribution in [0.3, 0.4) is 0 Å². The van der Waals surface area contributed by atoms with Gasteiger partial charge < -0.3 is 9.84 Å². The number of para-hydroxylation sites is 1. The first-order chi connectivity index (χ1) is 9.49. The fourth-order valence-corrected chi connectivity index (χ4v) is 1.76. The number of aromatic carboxylic acids is 1. The Hall–Kier alpha value is -2.60. The van der Waals surface area contributed by atoms with Gasteiger partial charge in [0.2, 0.25) is 5.75 Å². The maximum absolute atomic E-state index is 10.9. The number of carbonyl (C=O) groups is 1. The van der Waals surface area contributed by atoms with Gasteiger partial charge in [-0.1, -0.05) is 23.7 Å². The Bertz CT molecular complexity index is 686. The molecule has 0 amide bonds. The Labute approximate surface area is 118 Å². The Morgan fingerprint density at radius 2 is 1.95 bits per heavy atom. The minimum atomic E-state index is -1.12. The normalized spacial score (nSPS) is 10.1. The number of halogens is 1. The highest BCUT2D eigenvalue weighted by molar-refractivity contribution is 6.32. The van der Waals surface area contributed by atoms with E-state index in [-0.39, 0.29) is 27.8 Å². The zero-order valence-electron chi connectivity index (χ0n) is 9.95. The molecule has 2 aromatic carbocycles. The van der Waals surface area contributed by atoms with Gasteiger partial charge in [-0.15, -0.1) is 0 Å². The summed E-state index contributed by atoms with van der Waals surface area (Å²) < 4.78 is 5.36.